The van der Waals surface area contributed by atoms with Crippen LogP contribution in [0.25, 0.3) is 0 Å². The van der Waals surface area contributed by atoms with Gasteiger partial charge in [-0.3, -0.25) is 4.72 Å². The van der Waals surface area contributed by atoms with Gasteiger partial charge < -0.3 is 0 Å². The predicted molar refractivity (Wildman–Crippen MR) is 57.9 cm³/mol. The molecule has 1 heterocycles. The lowest BCUT2D eigenvalue weighted by Gasteiger charge is -2.07. The second-order valence-electron chi connectivity index (χ2n) is 3.37. The Kier molecular flexibility index (Phi) is 2.61. The van der Waals surface area contributed by atoms with Crippen LogP contribution in [0.5, 0.6) is 0 Å². The van der Waals surface area contributed by atoms with Crippen LogP contribution in [0, 0.1) is 0 Å². The molecule has 0 unspecified atom stereocenters. The molecule has 0 saturated carbocycles. The highest BCUT2D eigenvalue weighted by atomic mass is 32.2. The minimum Gasteiger partial charge on any atom is -0.255 e. The Morgan fingerprint density at radius 3 is 2.85 bits per heavy atom. The third kappa shape index (κ3) is 1.61. The van der Waals surface area contributed by atoms with Gasteiger partial charge in [0, 0.05) is 11.4 Å². The van der Waals surface area contributed by atoms with Gasteiger partial charge in [-0.1, -0.05) is 26.0 Å². The van der Waals surface area contributed by atoms with E-state index in [0.717, 1.165) is 19.4 Å². The summed E-state index contributed by atoms with van der Waals surface area (Å²) in [7, 11) is 0. The molecule has 1 aliphatic heterocycles. The van der Waals surface area contributed by atoms with Crippen LogP contribution in [0.3, 0.4) is 0 Å². The van der Waals surface area contributed by atoms with Gasteiger partial charge in [0.05, 0.1) is 0 Å². The zero-order valence-corrected chi connectivity index (χ0v) is 9.00. The Morgan fingerprint density at radius 2 is 2.15 bits per heavy atom. The molecule has 2 heteroatoms. The lowest BCUT2D eigenvalue weighted by atomic mass is 10.0. The molecular formula is C11H15NS. The van der Waals surface area contributed by atoms with Gasteiger partial charge in [0.15, 0.2) is 0 Å². The van der Waals surface area contributed by atoms with Gasteiger partial charge in [-0.2, -0.15) is 0 Å². The summed E-state index contributed by atoms with van der Waals surface area (Å²) in [4.78, 5) is 1.47. The fraction of sp³-hybridized carbons (Fsp3) is 0.455. The van der Waals surface area contributed by atoms with Crippen LogP contribution in [0.2, 0.25) is 0 Å². The zero-order chi connectivity index (χ0) is 9.26. The van der Waals surface area contributed by atoms with Crippen molar-refractivity contribution in [2.75, 3.05) is 0 Å². The number of hydrogen-bond acceptors (Lipinski definition) is 2. The topological polar surface area (TPSA) is 12.0 Å². The molecule has 0 bridgehead atoms. The SMILES string of the molecule is CCc1cc(CC)c2c(c1)CNS2. The van der Waals surface area contributed by atoms with E-state index in [1.165, 1.54) is 21.6 Å². The Labute approximate surface area is 84.1 Å². The second kappa shape index (κ2) is 3.72. The first-order valence-corrected chi connectivity index (χ1v) is 5.71. The van der Waals surface area contributed by atoms with Crippen LogP contribution in [-0.2, 0) is 19.4 Å². The first-order chi connectivity index (χ1) is 6.35. The van der Waals surface area contributed by atoms with Crippen molar-refractivity contribution in [3.63, 3.8) is 0 Å². The maximum absolute atomic E-state index is 3.33. The fourth-order valence-electron chi connectivity index (χ4n) is 1.74. The molecular weight excluding hydrogens is 178 g/mol. The Morgan fingerprint density at radius 1 is 1.31 bits per heavy atom. The summed E-state index contributed by atoms with van der Waals surface area (Å²) >= 11 is 1.79. The van der Waals surface area contributed by atoms with E-state index in [1.54, 1.807) is 11.9 Å². The molecule has 0 aromatic heterocycles. The average molecular weight is 193 g/mol. The van der Waals surface area contributed by atoms with Crippen molar-refractivity contribution < 1.29 is 0 Å². The molecule has 0 aliphatic carbocycles. The fourth-order valence-corrected chi connectivity index (χ4v) is 2.71. The van der Waals surface area contributed by atoms with E-state index in [2.05, 4.69) is 30.7 Å². The van der Waals surface area contributed by atoms with Crippen molar-refractivity contribution in [2.45, 2.75) is 38.1 Å². The molecule has 1 aromatic carbocycles. The summed E-state index contributed by atoms with van der Waals surface area (Å²) in [6, 6.07) is 4.68. The zero-order valence-electron chi connectivity index (χ0n) is 8.18. The van der Waals surface area contributed by atoms with E-state index in [1.807, 2.05) is 0 Å². The highest BCUT2D eigenvalue weighted by Gasteiger charge is 2.15. The normalized spacial score (nSPS) is 14.6. The molecule has 0 radical (unpaired) electrons. The van der Waals surface area contributed by atoms with Gasteiger partial charge in [-0.15, -0.1) is 0 Å². The third-order valence-electron chi connectivity index (χ3n) is 2.53. The van der Waals surface area contributed by atoms with Crippen LogP contribution in [-0.4, -0.2) is 0 Å². The van der Waals surface area contributed by atoms with Crippen molar-refractivity contribution in [1.29, 1.82) is 0 Å². The van der Waals surface area contributed by atoms with Crippen molar-refractivity contribution in [3.05, 3.63) is 28.8 Å². The van der Waals surface area contributed by atoms with E-state index in [4.69, 9.17) is 0 Å². The van der Waals surface area contributed by atoms with E-state index >= 15 is 0 Å². The van der Waals surface area contributed by atoms with Crippen LogP contribution in [0.15, 0.2) is 17.0 Å². The molecule has 1 aliphatic rings. The second-order valence-corrected chi connectivity index (χ2v) is 4.27. The van der Waals surface area contributed by atoms with Crippen LogP contribution in [0.4, 0.5) is 0 Å². The van der Waals surface area contributed by atoms with Crippen molar-refractivity contribution in [3.8, 4) is 0 Å². The molecule has 0 atom stereocenters. The van der Waals surface area contributed by atoms with E-state index in [0.29, 0.717) is 0 Å². The van der Waals surface area contributed by atoms with E-state index in [-0.39, 0.29) is 0 Å². The highest BCUT2D eigenvalue weighted by molar-refractivity contribution is 7.97. The minimum atomic E-state index is 1.03. The van der Waals surface area contributed by atoms with Gasteiger partial charge >= 0.3 is 0 Å². The maximum Gasteiger partial charge on any atom is 0.0325 e. The summed E-state index contributed by atoms with van der Waals surface area (Å²) in [6.45, 7) is 5.48. The summed E-state index contributed by atoms with van der Waals surface area (Å²) in [6.07, 6.45) is 2.29. The molecule has 2 rings (SSSR count). The van der Waals surface area contributed by atoms with Crippen molar-refractivity contribution in [2.24, 2.45) is 0 Å². The molecule has 1 nitrogen and oxygen atoms in total. The van der Waals surface area contributed by atoms with Gasteiger partial charge in [-0.05, 0) is 41.5 Å². The van der Waals surface area contributed by atoms with Gasteiger partial charge in [0.1, 0.15) is 0 Å². The lowest BCUT2D eigenvalue weighted by Crippen LogP contribution is -1.94. The van der Waals surface area contributed by atoms with Crippen molar-refractivity contribution in [1.82, 2.24) is 4.72 Å². The molecule has 1 N–H and O–H groups in total. The van der Waals surface area contributed by atoms with Gasteiger partial charge in [-0.25, -0.2) is 0 Å². The van der Waals surface area contributed by atoms with Crippen LogP contribution in [0.1, 0.15) is 30.5 Å². The Balaban J connectivity index is 2.49. The summed E-state index contributed by atoms with van der Waals surface area (Å²) in [5.41, 5.74) is 4.46. The molecule has 0 fully saturated rings. The monoisotopic (exact) mass is 193 g/mol. The smallest absolute Gasteiger partial charge is 0.0325 e. The van der Waals surface area contributed by atoms with Crippen molar-refractivity contribution >= 4 is 11.9 Å². The van der Waals surface area contributed by atoms with E-state index < -0.39 is 0 Å². The molecule has 13 heavy (non-hydrogen) atoms. The Hall–Kier alpha value is -0.470. The summed E-state index contributed by atoms with van der Waals surface area (Å²) < 4.78 is 3.33. The largest absolute Gasteiger partial charge is 0.255 e. The van der Waals surface area contributed by atoms with E-state index in [9.17, 15) is 0 Å². The molecule has 70 valence electrons. The first-order valence-electron chi connectivity index (χ1n) is 4.89. The maximum atomic E-state index is 3.33. The minimum absolute atomic E-state index is 1.03. The summed E-state index contributed by atoms with van der Waals surface area (Å²) in [5.74, 6) is 0. The van der Waals surface area contributed by atoms with Crippen LogP contribution >= 0.6 is 11.9 Å². The predicted octanol–water partition coefficient (Wildman–Crippen LogP) is 2.92. The molecule has 0 amide bonds. The lowest BCUT2D eigenvalue weighted by molar-refractivity contribution is 0.959. The number of hydrogen-bond donors (Lipinski definition) is 1. The average Bonchev–Trinajstić information content (AvgIpc) is 2.63. The summed E-state index contributed by atoms with van der Waals surface area (Å²) in [5, 5.41) is 0. The third-order valence-corrected chi connectivity index (χ3v) is 3.55. The Bertz CT molecular complexity index is 320. The number of nitrogens with one attached hydrogen (secondary N) is 1. The molecule has 0 spiro atoms. The molecule has 0 saturated heterocycles. The highest BCUT2D eigenvalue weighted by Crippen LogP contribution is 2.32. The number of benzene rings is 1. The van der Waals surface area contributed by atoms with Crippen LogP contribution < -0.4 is 4.72 Å². The quantitative estimate of drug-likeness (QED) is 0.725. The van der Waals surface area contributed by atoms with Gasteiger partial charge in [0.2, 0.25) is 0 Å². The number of fused-ring (bicyclic) bond motifs is 1. The number of aryl methyl sites for hydroxylation is 2. The molecule has 1 aromatic rings. The van der Waals surface area contributed by atoms with Gasteiger partial charge in [0.25, 0.3) is 0 Å². The standard InChI is InChI=1S/C11H15NS/c1-3-8-5-9(4-2)11-10(6-8)7-12-13-11/h5-6,12H,3-4,7H2,1-2H3. The first kappa shape index (κ1) is 9.10. The number of rotatable bonds is 2.